The number of aryl methyl sites for hydroxylation is 1. The molecule has 4 nitrogen and oxygen atoms in total. The monoisotopic (exact) mass is 289 g/mol. The highest BCUT2D eigenvalue weighted by Crippen LogP contribution is 2.38. The molecule has 0 bridgehead atoms. The second-order valence-corrected chi connectivity index (χ2v) is 4.05. The molecule has 2 N–H and O–H groups in total. The minimum Gasteiger partial charge on any atom is -0.504 e. The van der Waals surface area contributed by atoms with Crippen LogP contribution >= 0.6 is 15.9 Å². The summed E-state index contributed by atoms with van der Waals surface area (Å²) in [7, 11) is 3.07. The van der Waals surface area contributed by atoms with E-state index in [1.807, 2.05) is 13.0 Å². The first-order valence-corrected chi connectivity index (χ1v) is 5.78. The normalized spacial score (nSPS) is 10.5. The Morgan fingerprint density at radius 2 is 2.12 bits per heavy atom. The second kappa shape index (κ2) is 6.08. The lowest BCUT2D eigenvalue weighted by Crippen LogP contribution is -2.12. The molecule has 0 atom stereocenters. The van der Waals surface area contributed by atoms with Crippen LogP contribution in [0.15, 0.2) is 10.5 Å². The number of benzene rings is 1. The predicted molar refractivity (Wildman–Crippen MR) is 65.6 cm³/mol. The van der Waals surface area contributed by atoms with E-state index in [0.29, 0.717) is 12.3 Å². The lowest BCUT2D eigenvalue weighted by molar-refractivity contribution is 0.0859. The molecule has 0 aliphatic heterocycles. The standard InChI is InChI=1S/C11H16BrNO3/c1-4-7-5-9(15-2)11(14)8(10(7)12)6-13-16-3/h5,13-14H,4,6H2,1-3H3. The van der Waals surface area contributed by atoms with Crippen LogP contribution in [0, 0.1) is 0 Å². The lowest BCUT2D eigenvalue weighted by atomic mass is 10.1. The van der Waals surface area contributed by atoms with Gasteiger partial charge in [-0.3, -0.25) is 0 Å². The number of hydroxylamine groups is 1. The zero-order valence-electron chi connectivity index (χ0n) is 9.63. The van der Waals surface area contributed by atoms with Crippen LogP contribution in [0.3, 0.4) is 0 Å². The molecule has 0 radical (unpaired) electrons. The van der Waals surface area contributed by atoms with E-state index in [1.54, 1.807) is 0 Å². The van der Waals surface area contributed by atoms with Gasteiger partial charge in [0.25, 0.3) is 0 Å². The van der Waals surface area contributed by atoms with Crippen molar-refractivity contribution >= 4 is 15.9 Å². The Morgan fingerprint density at radius 1 is 1.44 bits per heavy atom. The predicted octanol–water partition coefficient (Wildman–Crippen LogP) is 2.38. The number of rotatable bonds is 5. The summed E-state index contributed by atoms with van der Waals surface area (Å²) in [4.78, 5) is 4.78. The molecule has 0 aliphatic carbocycles. The van der Waals surface area contributed by atoms with E-state index in [-0.39, 0.29) is 5.75 Å². The van der Waals surface area contributed by atoms with Crippen LogP contribution in [0.1, 0.15) is 18.1 Å². The van der Waals surface area contributed by atoms with Crippen LogP contribution in [0.4, 0.5) is 0 Å². The summed E-state index contributed by atoms with van der Waals surface area (Å²) in [6.07, 6.45) is 0.858. The Kier molecular flexibility index (Phi) is 5.05. The molecule has 0 amide bonds. The summed E-state index contributed by atoms with van der Waals surface area (Å²) in [5.74, 6) is 0.615. The largest absolute Gasteiger partial charge is 0.504 e. The number of methoxy groups -OCH3 is 1. The smallest absolute Gasteiger partial charge is 0.163 e. The van der Waals surface area contributed by atoms with Gasteiger partial charge in [0.2, 0.25) is 0 Å². The fraction of sp³-hybridized carbons (Fsp3) is 0.455. The first kappa shape index (κ1) is 13.3. The van der Waals surface area contributed by atoms with Crippen molar-refractivity contribution in [3.05, 3.63) is 21.7 Å². The number of ether oxygens (including phenoxy) is 1. The Balaban J connectivity index is 3.20. The number of hydrogen-bond acceptors (Lipinski definition) is 4. The molecule has 1 rings (SSSR count). The van der Waals surface area contributed by atoms with Crippen molar-refractivity contribution in [2.75, 3.05) is 14.2 Å². The van der Waals surface area contributed by atoms with Crippen molar-refractivity contribution in [1.29, 1.82) is 0 Å². The van der Waals surface area contributed by atoms with Gasteiger partial charge in [0.1, 0.15) is 0 Å². The van der Waals surface area contributed by atoms with E-state index < -0.39 is 0 Å². The Hall–Kier alpha value is -0.780. The summed E-state index contributed by atoms with van der Waals surface area (Å²) < 4.78 is 6.01. The summed E-state index contributed by atoms with van der Waals surface area (Å²) in [5, 5.41) is 9.97. The fourth-order valence-corrected chi connectivity index (χ4v) is 2.18. The topological polar surface area (TPSA) is 50.7 Å². The third kappa shape index (κ3) is 2.66. The van der Waals surface area contributed by atoms with Crippen molar-refractivity contribution < 1.29 is 14.7 Å². The minimum atomic E-state index is 0.135. The highest BCUT2D eigenvalue weighted by Gasteiger charge is 2.15. The average molecular weight is 290 g/mol. The average Bonchev–Trinajstić information content (AvgIpc) is 2.29. The molecule has 0 aromatic heterocycles. The first-order chi connectivity index (χ1) is 7.65. The van der Waals surface area contributed by atoms with Gasteiger partial charge in [-0.25, -0.2) is 0 Å². The van der Waals surface area contributed by atoms with Crippen LogP contribution in [0.25, 0.3) is 0 Å². The third-order valence-corrected chi connectivity index (χ3v) is 3.35. The molecule has 0 saturated carbocycles. The third-order valence-electron chi connectivity index (χ3n) is 2.37. The maximum atomic E-state index is 9.97. The molecular formula is C11H16BrNO3. The van der Waals surface area contributed by atoms with E-state index in [4.69, 9.17) is 9.57 Å². The number of hydrogen-bond donors (Lipinski definition) is 2. The molecule has 0 saturated heterocycles. The number of phenolic OH excluding ortho intramolecular Hbond substituents is 1. The van der Waals surface area contributed by atoms with Gasteiger partial charge < -0.3 is 14.7 Å². The van der Waals surface area contributed by atoms with Crippen LogP contribution in [-0.4, -0.2) is 19.3 Å². The molecule has 0 spiro atoms. The first-order valence-electron chi connectivity index (χ1n) is 4.98. The summed E-state index contributed by atoms with van der Waals surface area (Å²) in [5.41, 5.74) is 4.52. The molecule has 16 heavy (non-hydrogen) atoms. The van der Waals surface area contributed by atoms with E-state index in [2.05, 4.69) is 21.4 Å². The van der Waals surface area contributed by atoms with Gasteiger partial charge in [0, 0.05) is 10.0 Å². The maximum absolute atomic E-state index is 9.97. The van der Waals surface area contributed by atoms with Gasteiger partial charge in [-0.05, 0) is 18.1 Å². The van der Waals surface area contributed by atoms with Crippen molar-refractivity contribution in [1.82, 2.24) is 5.48 Å². The second-order valence-electron chi connectivity index (χ2n) is 3.26. The number of aromatic hydroxyl groups is 1. The van der Waals surface area contributed by atoms with Crippen molar-refractivity contribution in [2.45, 2.75) is 19.9 Å². The van der Waals surface area contributed by atoms with Gasteiger partial charge >= 0.3 is 0 Å². The zero-order valence-corrected chi connectivity index (χ0v) is 11.2. The van der Waals surface area contributed by atoms with Crippen molar-refractivity contribution in [3.63, 3.8) is 0 Å². The Bertz CT molecular complexity index is 340. The van der Waals surface area contributed by atoms with Gasteiger partial charge in [0.15, 0.2) is 11.5 Å². The van der Waals surface area contributed by atoms with Crippen molar-refractivity contribution in [2.24, 2.45) is 0 Å². The van der Waals surface area contributed by atoms with E-state index in [0.717, 1.165) is 22.0 Å². The molecule has 0 heterocycles. The molecule has 90 valence electrons. The fourth-order valence-electron chi connectivity index (χ4n) is 1.45. The molecule has 0 unspecified atom stereocenters. The Morgan fingerprint density at radius 3 is 2.62 bits per heavy atom. The van der Waals surface area contributed by atoms with Gasteiger partial charge in [0.05, 0.1) is 20.8 Å². The summed E-state index contributed by atoms with van der Waals surface area (Å²) in [6, 6.07) is 1.83. The van der Waals surface area contributed by atoms with Crippen LogP contribution in [0.5, 0.6) is 11.5 Å². The zero-order chi connectivity index (χ0) is 12.1. The minimum absolute atomic E-state index is 0.135. The Labute approximate surface area is 104 Å². The molecule has 5 heteroatoms. The van der Waals surface area contributed by atoms with Gasteiger partial charge in [-0.1, -0.05) is 22.9 Å². The van der Waals surface area contributed by atoms with Gasteiger partial charge in [-0.2, -0.15) is 5.48 Å². The SMILES string of the molecule is CCc1cc(OC)c(O)c(CNOC)c1Br. The van der Waals surface area contributed by atoms with E-state index >= 15 is 0 Å². The number of halogens is 1. The van der Waals surface area contributed by atoms with E-state index in [1.165, 1.54) is 14.2 Å². The molecule has 0 fully saturated rings. The van der Waals surface area contributed by atoms with Crippen LogP contribution in [-0.2, 0) is 17.8 Å². The molecule has 0 aliphatic rings. The van der Waals surface area contributed by atoms with Crippen molar-refractivity contribution in [3.8, 4) is 11.5 Å². The highest BCUT2D eigenvalue weighted by atomic mass is 79.9. The molecular weight excluding hydrogens is 274 g/mol. The van der Waals surface area contributed by atoms with Crippen LogP contribution in [0.2, 0.25) is 0 Å². The number of nitrogens with one attached hydrogen (secondary N) is 1. The van der Waals surface area contributed by atoms with Crippen LogP contribution < -0.4 is 10.2 Å². The maximum Gasteiger partial charge on any atom is 0.163 e. The highest BCUT2D eigenvalue weighted by molar-refractivity contribution is 9.10. The molecule has 1 aromatic rings. The summed E-state index contributed by atoms with van der Waals surface area (Å²) in [6.45, 7) is 2.46. The van der Waals surface area contributed by atoms with E-state index in [9.17, 15) is 5.11 Å². The number of phenols is 1. The lowest BCUT2D eigenvalue weighted by Gasteiger charge is -2.14. The molecule has 1 aromatic carbocycles. The quantitative estimate of drug-likeness (QED) is 0.817. The van der Waals surface area contributed by atoms with Gasteiger partial charge in [-0.15, -0.1) is 0 Å². The summed E-state index contributed by atoms with van der Waals surface area (Å²) >= 11 is 3.47.